The number of aromatic nitrogens is 6. The van der Waals surface area contributed by atoms with Crippen LogP contribution in [0, 0.1) is 31.3 Å². The molecule has 15 heteroatoms. The third kappa shape index (κ3) is 4.32. The van der Waals surface area contributed by atoms with Crippen LogP contribution in [0.25, 0.3) is 27.0 Å². The maximum atomic E-state index is 15.4. The van der Waals surface area contributed by atoms with E-state index in [2.05, 4.69) is 20.2 Å². The predicted octanol–water partition coefficient (Wildman–Crippen LogP) is 4.23. The van der Waals surface area contributed by atoms with Crippen molar-refractivity contribution < 1.29 is 32.9 Å². The van der Waals surface area contributed by atoms with E-state index in [0.717, 1.165) is 9.71 Å². The van der Waals surface area contributed by atoms with Gasteiger partial charge in [-0.15, -0.1) is 11.3 Å². The second kappa shape index (κ2) is 10.1. The van der Waals surface area contributed by atoms with Gasteiger partial charge in [-0.2, -0.15) is 10.2 Å². The van der Waals surface area contributed by atoms with Crippen LogP contribution in [0.15, 0.2) is 36.7 Å². The lowest BCUT2D eigenvalue weighted by Gasteiger charge is -2.41. The number of nitrogens with zero attached hydrogens (tertiary/aromatic N) is 6. The van der Waals surface area contributed by atoms with Gasteiger partial charge in [0.05, 0.1) is 33.1 Å². The molecule has 218 valence electrons. The maximum absolute atomic E-state index is 15.4. The molecule has 2 aliphatic rings. The third-order valence-corrected chi connectivity index (χ3v) is 8.73. The highest BCUT2D eigenvalue weighted by atomic mass is 35.5. The molecule has 0 radical (unpaired) electrons. The largest absolute Gasteiger partial charge is 0.388 e. The average molecular weight is 619 g/mol. The number of fused-ring (bicyclic) bond motifs is 2. The molecule has 2 fully saturated rings. The lowest BCUT2D eigenvalue weighted by atomic mass is 9.91. The zero-order valence-electron chi connectivity index (χ0n) is 21.9. The molecule has 3 aromatic heterocycles. The Labute approximate surface area is 244 Å². The maximum Gasteiger partial charge on any atom is 0.178 e. The Bertz CT molecular complexity index is 1850. The molecule has 6 atom stereocenters. The van der Waals surface area contributed by atoms with Crippen LogP contribution in [-0.4, -0.2) is 70.8 Å². The van der Waals surface area contributed by atoms with Crippen LogP contribution in [-0.2, 0) is 9.47 Å². The molecule has 7 rings (SSSR count). The monoisotopic (exact) mass is 618 g/mol. The van der Waals surface area contributed by atoms with Gasteiger partial charge in [0.15, 0.2) is 23.3 Å². The fourth-order valence-electron chi connectivity index (χ4n) is 5.62. The van der Waals surface area contributed by atoms with Crippen molar-refractivity contribution in [2.75, 3.05) is 6.61 Å². The van der Waals surface area contributed by atoms with E-state index in [0.29, 0.717) is 11.3 Å². The Morgan fingerprint density at radius 3 is 2.69 bits per heavy atom. The van der Waals surface area contributed by atoms with Crippen molar-refractivity contribution in [2.24, 2.45) is 0 Å². The number of hydrogen-bond donors (Lipinski definition) is 2. The second-order valence-corrected chi connectivity index (χ2v) is 11.9. The number of thiazole rings is 1. The van der Waals surface area contributed by atoms with E-state index < -0.39 is 54.0 Å². The number of aliphatic hydroxyl groups is 2. The Hall–Kier alpha value is -3.40. The van der Waals surface area contributed by atoms with Crippen molar-refractivity contribution in [2.45, 2.75) is 50.4 Å². The smallest absolute Gasteiger partial charge is 0.178 e. The summed E-state index contributed by atoms with van der Waals surface area (Å²) in [7, 11) is 0. The molecule has 2 aliphatic heterocycles. The van der Waals surface area contributed by atoms with Crippen LogP contribution in [0.5, 0.6) is 0 Å². The van der Waals surface area contributed by atoms with Gasteiger partial charge in [-0.05, 0) is 32.0 Å². The third-order valence-electron chi connectivity index (χ3n) is 7.50. The van der Waals surface area contributed by atoms with Crippen molar-refractivity contribution in [3.8, 4) is 16.8 Å². The summed E-state index contributed by atoms with van der Waals surface area (Å²) >= 11 is 7.10. The molecule has 10 nitrogen and oxygen atoms in total. The Morgan fingerprint density at radius 1 is 1.07 bits per heavy atom. The van der Waals surface area contributed by atoms with Gasteiger partial charge in [0.25, 0.3) is 0 Å². The fourth-order valence-corrected chi connectivity index (χ4v) is 6.61. The summed E-state index contributed by atoms with van der Waals surface area (Å²) in [6.07, 6.45) is -2.66. The summed E-state index contributed by atoms with van der Waals surface area (Å²) in [5.41, 5.74) is 0.736. The van der Waals surface area contributed by atoms with E-state index in [-0.39, 0.29) is 34.3 Å². The normalized spacial score (nSPS) is 25.8. The van der Waals surface area contributed by atoms with Gasteiger partial charge in [-0.3, -0.25) is 4.68 Å². The Morgan fingerprint density at radius 2 is 1.88 bits per heavy atom. The SMILES string of the molecule is Cc1nc([C@@H]2OC3C(O)CO[C@@H]3C(n3cc(-c4ccc(Cl)c(F)c4F)cn3)C2O)n(-c2cc3sc(C)nc3cc2F)n1. The molecule has 2 N–H and O–H groups in total. The number of halogens is 4. The van der Waals surface area contributed by atoms with E-state index in [1.165, 1.54) is 51.3 Å². The van der Waals surface area contributed by atoms with Gasteiger partial charge in [0.2, 0.25) is 0 Å². The minimum atomic E-state index is -1.39. The molecule has 0 bridgehead atoms. The highest BCUT2D eigenvalue weighted by Gasteiger charge is 2.54. The second-order valence-electron chi connectivity index (χ2n) is 10.2. The fraction of sp³-hybridized carbons (Fsp3) is 0.333. The topological polar surface area (TPSA) is 120 Å². The van der Waals surface area contributed by atoms with Crippen LogP contribution in [0.2, 0.25) is 5.02 Å². The first-order valence-corrected chi connectivity index (χ1v) is 14.1. The zero-order chi connectivity index (χ0) is 29.4. The quantitative estimate of drug-likeness (QED) is 0.287. The van der Waals surface area contributed by atoms with Gasteiger partial charge < -0.3 is 19.7 Å². The molecule has 0 aliphatic carbocycles. The van der Waals surface area contributed by atoms with Gasteiger partial charge in [0, 0.05) is 23.4 Å². The van der Waals surface area contributed by atoms with E-state index >= 15 is 4.39 Å². The molecule has 0 amide bonds. The molecule has 5 aromatic rings. The first-order chi connectivity index (χ1) is 20.1. The van der Waals surface area contributed by atoms with Crippen molar-refractivity contribution >= 4 is 33.2 Å². The van der Waals surface area contributed by atoms with Crippen LogP contribution >= 0.6 is 22.9 Å². The first-order valence-electron chi connectivity index (χ1n) is 12.9. The van der Waals surface area contributed by atoms with Crippen LogP contribution in [0.4, 0.5) is 13.2 Å². The molecule has 2 aromatic carbocycles. The Balaban J connectivity index is 1.31. The first kappa shape index (κ1) is 27.4. The minimum Gasteiger partial charge on any atom is -0.388 e. The highest BCUT2D eigenvalue weighted by molar-refractivity contribution is 7.18. The predicted molar refractivity (Wildman–Crippen MR) is 145 cm³/mol. The van der Waals surface area contributed by atoms with Gasteiger partial charge in [-0.1, -0.05) is 11.6 Å². The van der Waals surface area contributed by atoms with Crippen LogP contribution in [0.3, 0.4) is 0 Å². The average Bonchev–Trinajstić information content (AvgIpc) is 3.73. The molecule has 2 saturated heterocycles. The number of hydrogen-bond acceptors (Lipinski definition) is 9. The van der Waals surface area contributed by atoms with Crippen molar-refractivity contribution in [3.63, 3.8) is 0 Å². The molecule has 5 heterocycles. The van der Waals surface area contributed by atoms with Crippen LogP contribution < -0.4 is 0 Å². The zero-order valence-corrected chi connectivity index (χ0v) is 23.5. The molecule has 0 spiro atoms. The molecule has 42 heavy (non-hydrogen) atoms. The number of aryl methyl sites for hydroxylation is 2. The van der Waals surface area contributed by atoms with Gasteiger partial charge in [0.1, 0.15) is 48.1 Å². The van der Waals surface area contributed by atoms with Crippen molar-refractivity contribution in [1.29, 1.82) is 0 Å². The van der Waals surface area contributed by atoms with E-state index in [1.54, 1.807) is 13.0 Å². The highest BCUT2D eigenvalue weighted by Crippen LogP contribution is 2.43. The number of ether oxygens (including phenoxy) is 2. The standard InChI is InChI=1S/C27H22ClF3N6O4S/c1-10-33-27(37(35-10)17-6-19-16(5-15(17)29)34-11(2)42-19)26-23(39)22(25-24(41-26)18(38)9-40-25)36-8-12(7-32-36)13-3-4-14(28)21(31)20(13)30/h3-8,18,22-26,38-39H,9H2,1-2H3/t18?,22?,23?,24?,25-,26-/m1/s1. The van der Waals surface area contributed by atoms with Crippen LogP contribution in [0.1, 0.15) is 28.8 Å². The summed E-state index contributed by atoms with van der Waals surface area (Å²) in [4.78, 5) is 8.80. The molecule has 4 unspecified atom stereocenters. The van der Waals surface area contributed by atoms with E-state index in [9.17, 15) is 19.0 Å². The lowest BCUT2D eigenvalue weighted by Crippen LogP contribution is -2.52. The summed E-state index contributed by atoms with van der Waals surface area (Å²) in [5.74, 6) is -2.54. The number of aliphatic hydroxyl groups excluding tert-OH is 2. The number of benzene rings is 2. The summed E-state index contributed by atoms with van der Waals surface area (Å²) < 4.78 is 59.6. The molecular weight excluding hydrogens is 597 g/mol. The molecular formula is C27H22ClF3N6O4S. The summed E-state index contributed by atoms with van der Waals surface area (Å²) in [5, 5.41) is 31.5. The molecule has 0 saturated carbocycles. The summed E-state index contributed by atoms with van der Waals surface area (Å²) in [6.45, 7) is 3.37. The van der Waals surface area contributed by atoms with Crippen molar-refractivity contribution in [1.82, 2.24) is 29.5 Å². The van der Waals surface area contributed by atoms with Crippen molar-refractivity contribution in [3.05, 3.63) is 75.8 Å². The number of rotatable bonds is 4. The van der Waals surface area contributed by atoms with E-state index in [1.807, 2.05) is 6.92 Å². The van der Waals surface area contributed by atoms with Gasteiger partial charge >= 0.3 is 0 Å². The minimum absolute atomic E-state index is 0.0713. The Kier molecular flexibility index (Phi) is 6.60. The van der Waals surface area contributed by atoms with Gasteiger partial charge in [-0.25, -0.2) is 27.8 Å². The lowest BCUT2D eigenvalue weighted by molar-refractivity contribution is -0.196. The van der Waals surface area contributed by atoms with E-state index in [4.69, 9.17) is 21.1 Å². The summed E-state index contributed by atoms with van der Waals surface area (Å²) in [6, 6.07) is 4.52.